The zero-order valence-corrected chi connectivity index (χ0v) is 11.3. The number of benzene rings is 2. The second-order valence-electron chi connectivity index (χ2n) is 4.26. The molecule has 2 rings (SSSR count). The number of aromatic hydroxyl groups is 1. The molecule has 2 aromatic rings. The van der Waals surface area contributed by atoms with Crippen molar-refractivity contribution in [3.63, 3.8) is 0 Å². The van der Waals surface area contributed by atoms with Gasteiger partial charge in [-0.05, 0) is 18.2 Å². The molecular weight excluding hydrogens is 310 g/mol. The van der Waals surface area contributed by atoms with Crippen LogP contribution in [0.1, 0.15) is 11.1 Å². The Labute approximate surface area is 123 Å². The van der Waals surface area contributed by atoms with Gasteiger partial charge in [-0.3, -0.25) is 0 Å². The number of nitrogens with one attached hydrogen (secondary N) is 1. The number of alkyl halides is 3. The molecule has 2 nitrogen and oxygen atoms in total. The van der Waals surface area contributed by atoms with E-state index in [1.54, 1.807) is 0 Å². The molecule has 7 heteroatoms. The van der Waals surface area contributed by atoms with Gasteiger partial charge in [0.25, 0.3) is 0 Å². The third-order valence-corrected chi connectivity index (χ3v) is 3.16. The number of para-hydroxylation sites is 2. The van der Waals surface area contributed by atoms with Crippen LogP contribution in [0.4, 0.5) is 23.2 Å². The molecule has 0 aliphatic rings. The Morgan fingerprint density at radius 3 is 2.43 bits per heavy atom. The Hall–Kier alpha value is -1.95. The molecule has 2 aromatic carbocycles. The van der Waals surface area contributed by atoms with E-state index >= 15 is 0 Å². The van der Waals surface area contributed by atoms with E-state index in [0.717, 1.165) is 12.1 Å². The number of halogens is 5. The predicted molar refractivity (Wildman–Crippen MR) is 71.8 cm³/mol. The van der Waals surface area contributed by atoms with Crippen molar-refractivity contribution in [3.8, 4) is 5.75 Å². The number of phenolic OH excluding ortho intramolecular Hbond substituents is 1. The normalized spacial score (nSPS) is 11.5. The first-order valence-corrected chi connectivity index (χ1v) is 6.24. The summed E-state index contributed by atoms with van der Waals surface area (Å²) in [6.45, 7) is -0.198. The molecule has 0 saturated carbocycles. The first-order chi connectivity index (χ1) is 9.80. The second-order valence-corrected chi connectivity index (χ2v) is 4.67. The molecule has 112 valence electrons. The molecule has 0 saturated heterocycles. The predicted octanol–water partition coefficient (Wildman–Crippen LogP) is 4.82. The van der Waals surface area contributed by atoms with Gasteiger partial charge in [-0.2, -0.15) is 13.2 Å². The minimum Gasteiger partial charge on any atom is -0.505 e. The highest BCUT2D eigenvalue weighted by molar-refractivity contribution is 6.33. The summed E-state index contributed by atoms with van der Waals surface area (Å²) >= 11 is 5.77. The number of rotatable bonds is 3. The molecule has 21 heavy (non-hydrogen) atoms. The second kappa shape index (κ2) is 5.81. The van der Waals surface area contributed by atoms with Crippen LogP contribution < -0.4 is 5.32 Å². The first-order valence-electron chi connectivity index (χ1n) is 5.86. The first kappa shape index (κ1) is 15.4. The van der Waals surface area contributed by atoms with E-state index in [9.17, 15) is 22.7 Å². The van der Waals surface area contributed by atoms with Crippen LogP contribution in [0.2, 0.25) is 5.02 Å². The Morgan fingerprint density at radius 2 is 1.76 bits per heavy atom. The van der Waals surface area contributed by atoms with E-state index in [1.807, 2.05) is 0 Å². The highest BCUT2D eigenvalue weighted by atomic mass is 35.5. The van der Waals surface area contributed by atoms with E-state index in [2.05, 4.69) is 5.32 Å². The number of anilines is 1. The summed E-state index contributed by atoms with van der Waals surface area (Å²) in [7, 11) is 0. The maximum atomic E-state index is 13.2. The lowest BCUT2D eigenvalue weighted by Crippen LogP contribution is -2.11. The number of phenols is 1. The lowest BCUT2D eigenvalue weighted by molar-refractivity contribution is -0.136. The molecule has 0 aliphatic heterocycles. The van der Waals surface area contributed by atoms with Crippen molar-refractivity contribution >= 4 is 17.3 Å². The quantitative estimate of drug-likeness (QED) is 0.795. The lowest BCUT2D eigenvalue weighted by atomic mass is 10.1. The van der Waals surface area contributed by atoms with Crippen LogP contribution in [-0.2, 0) is 12.7 Å². The van der Waals surface area contributed by atoms with Crippen molar-refractivity contribution in [2.24, 2.45) is 0 Å². The fourth-order valence-corrected chi connectivity index (χ4v) is 2.07. The molecule has 2 N–H and O–H groups in total. The van der Waals surface area contributed by atoms with Crippen LogP contribution in [-0.4, -0.2) is 5.11 Å². The van der Waals surface area contributed by atoms with Gasteiger partial charge in [-0.25, -0.2) is 4.39 Å². The third kappa shape index (κ3) is 3.39. The lowest BCUT2D eigenvalue weighted by Gasteiger charge is -2.16. The van der Waals surface area contributed by atoms with E-state index in [4.69, 9.17) is 11.6 Å². The maximum absolute atomic E-state index is 13.2. The van der Waals surface area contributed by atoms with E-state index in [-0.39, 0.29) is 22.8 Å². The van der Waals surface area contributed by atoms with E-state index in [0.29, 0.717) is 0 Å². The van der Waals surface area contributed by atoms with Crippen molar-refractivity contribution in [2.45, 2.75) is 12.7 Å². The van der Waals surface area contributed by atoms with Crippen molar-refractivity contribution in [3.05, 3.63) is 58.4 Å². The van der Waals surface area contributed by atoms with Gasteiger partial charge < -0.3 is 10.4 Å². The molecule has 0 aromatic heterocycles. The Bertz CT molecular complexity index is 658. The summed E-state index contributed by atoms with van der Waals surface area (Å²) in [6.07, 6.45) is -4.57. The summed E-state index contributed by atoms with van der Waals surface area (Å²) in [6, 6.07) is 7.19. The molecule has 0 atom stereocenters. The third-order valence-electron chi connectivity index (χ3n) is 2.84. The number of hydrogen-bond donors (Lipinski definition) is 2. The Kier molecular flexibility index (Phi) is 4.27. The molecular formula is C14H10ClF4NO. The summed E-state index contributed by atoms with van der Waals surface area (Å²) in [5.41, 5.74) is -1.11. The van der Waals surface area contributed by atoms with Crippen LogP contribution >= 0.6 is 11.6 Å². The average Bonchev–Trinajstić information content (AvgIpc) is 2.40. The van der Waals surface area contributed by atoms with Crippen molar-refractivity contribution in [1.82, 2.24) is 0 Å². The topological polar surface area (TPSA) is 32.3 Å². The van der Waals surface area contributed by atoms with Gasteiger partial charge in [0, 0.05) is 12.1 Å². The van der Waals surface area contributed by atoms with E-state index < -0.39 is 23.3 Å². The largest absolute Gasteiger partial charge is 0.505 e. The smallest absolute Gasteiger partial charge is 0.418 e. The van der Waals surface area contributed by atoms with Gasteiger partial charge in [0.15, 0.2) is 11.6 Å². The fraction of sp³-hybridized carbons (Fsp3) is 0.143. The monoisotopic (exact) mass is 319 g/mol. The van der Waals surface area contributed by atoms with Crippen molar-refractivity contribution < 1.29 is 22.7 Å². The fourth-order valence-electron chi connectivity index (χ4n) is 1.83. The summed E-state index contributed by atoms with van der Waals surface area (Å²) in [4.78, 5) is 0. The SMILES string of the molecule is Oc1c(F)cccc1CNc1c(Cl)cccc1C(F)(F)F. The zero-order chi connectivity index (χ0) is 15.6. The van der Waals surface area contributed by atoms with Gasteiger partial charge in [-0.1, -0.05) is 29.8 Å². The molecule has 0 radical (unpaired) electrons. The van der Waals surface area contributed by atoms with Crippen LogP contribution in [0, 0.1) is 5.82 Å². The van der Waals surface area contributed by atoms with Gasteiger partial charge in [-0.15, -0.1) is 0 Å². The average molecular weight is 320 g/mol. The summed E-state index contributed by atoms with van der Waals surface area (Å²) < 4.78 is 51.8. The van der Waals surface area contributed by atoms with Crippen LogP contribution in [0.15, 0.2) is 36.4 Å². The van der Waals surface area contributed by atoms with Crippen molar-refractivity contribution in [1.29, 1.82) is 0 Å². The minimum absolute atomic E-state index is 0.110. The van der Waals surface area contributed by atoms with Gasteiger partial charge in [0.05, 0.1) is 16.3 Å². The molecule has 0 amide bonds. The van der Waals surface area contributed by atoms with Crippen LogP contribution in [0.3, 0.4) is 0 Å². The van der Waals surface area contributed by atoms with Gasteiger partial charge in [0.2, 0.25) is 0 Å². The van der Waals surface area contributed by atoms with Crippen molar-refractivity contribution in [2.75, 3.05) is 5.32 Å². The van der Waals surface area contributed by atoms with E-state index in [1.165, 1.54) is 24.3 Å². The molecule has 0 bridgehead atoms. The minimum atomic E-state index is -4.57. The molecule has 0 unspecified atom stereocenters. The molecule has 0 spiro atoms. The van der Waals surface area contributed by atoms with Gasteiger partial charge in [0.1, 0.15) is 0 Å². The Morgan fingerprint density at radius 1 is 1.10 bits per heavy atom. The highest BCUT2D eigenvalue weighted by Crippen LogP contribution is 2.38. The molecule has 0 fully saturated rings. The van der Waals surface area contributed by atoms with Crippen LogP contribution in [0.25, 0.3) is 0 Å². The molecule has 0 aliphatic carbocycles. The summed E-state index contributed by atoms with van der Waals surface area (Å²) in [5, 5.41) is 11.9. The Balaban J connectivity index is 2.30. The number of hydrogen-bond acceptors (Lipinski definition) is 2. The zero-order valence-electron chi connectivity index (χ0n) is 10.5. The van der Waals surface area contributed by atoms with Gasteiger partial charge >= 0.3 is 6.18 Å². The summed E-state index contributed by atoms with van der Waals surface area (Å²) in [5.74, 6) is -1.45. The van der Waals surface area contributed by atoms with Crippen LogP contribution in [0.5, 0.6) is 5.75 Å². The standard InChI is InChI=1S/C14H10ClF4NO/c15-10-5-2-4-9(14(17,18)19)12(10)20-7-8-3-1-6-11(16)13(8)21/h1-6,20-21H,7H2. The highest BCUT2D eigenvalue weighted by Gasteiger charge is 2.34. The molecule has 0 heterocycles. The maximum Gasteiger partial charge on any atom is 0.418 e.